The molecule has 4 atom stereocenters. The van der Waals surface area contributed by atoms with Gasteiger partial charge in [0.2, 0.25) is 0 Å². The molecule has 3 aliphatic rings. The van der Waals surface area contributed by atoms with Crippen LogP contribution in [-0.4, -0.2) is 22.7 Å². The highest BCUT2D eigenvalue weighted by atomic mass is 35.5. The van der Waals surface area contributed by atoms with Gasteiger partial charge in [0.1, 0.15) is 28.1 Å². The van der Waals surface area contributed by atoms with Crippen molar-refractivity contribution in [1.82, 2.24) is 10.3 Å². The van der Waals surface area contributed by atoms with Crippen LogP contribution in [0.4, 0.5) is 10.2 Å². The van der Waals surface area contributed by atoms with E-state index in [9.17, 15) is 9.59 Å². The molecular formula is C19H14Cl2FN3O2. The van der Waals surface area contributed by atoms with Crippen LogP contribution in [-0.2, 0) is 15.1 Å². The number of amides is 1. The Balaban J connectivity index is 1.78. The lowest BCUT2D eigenvalue weighted by molar-refractivity contribution is -0.123. The summed E-state index contributed by atoms with van der Waals surface area (Å²) in [4.78, 5) is 30.0. The normalized spacial score (nSPS) is 31.3. The van der Waals surface area contributed by atoms with Crippen LogP contribution in [0.2, 0.25) is 10.2 Å². The van der Waals surface area contributed by atoms with Crippen LogP contribution in [0.15, 0.2) is 30.3 Å². The highest BCUT2D eigenvalue weighted by Crippen LogP contribution is 2.57. The predicted molar refractivity (Wildman–Crippen MR) is 98.4 cm³/mol. The van der Waals surface area contributed by atoms with Gasteiger partial charge in [-0.3, -0.25) is 14.9 Å². The number of aromatic nitrogens is 1. The molecule has 138 valence electrons. The highest BCUT2D eigenvalue weighted by Gasteiger charge is 2.65. The van der Waals surface area contributed by atoms with E-state index in [-0.39, 0.29) is 33.5 Å². The molecule has 1 aliphatic carbocycles. The molecule has 1 spiro atoms. The second-order valence-corrected chi connectivity index (χ2v) is 7.99. The first-order valence-corrected chi connectivity index (χ1v) is 9.42. The van der Waals surface area contributed by atoms with Crippen LogP contribution in [0.1, 0.15) is 29.9 Å². The fourth-order valence-electron chi connectivity index (χ4n) is 4.92. The van der Waals surface area contributed by atoms with Crippen molar-refractivity contribution in [3.63, 3.8) is 0 Å². The number of nitrogens with one attached hydrogen (secondary N) is 2. The van der Waals surface area contributed by atoms with Crippen molar-refractivity contribution in [3.05, 3.63) is 57.5 Å². The largest absolute Gasteiger partial charge is 0.308 e. The van der Waals surface area contributed by atoms with E-state index in [2.05, 4.69) is 15.6 Å². The lowest BCUT2D eigenvalue weighted by Gasteiger charge is -2.32. The van der Waals surface area contributed by atoms with E-state index in [0.717, 1.165) is 0 Å². The van der Waals surface area contributed by atoms with Crippen LogP contribution in [0, 0.1) is 11.7 Å². The minimum absolute atomic E-state index is 0.0249. The first kappa shape index (κ1) is 17.1. The average Bonchev–Trinajstić information content (AvgIpc) is 3.24. The predicted octanol–water partition coefficient (Wildman–Crippen LogP) is 3.41. The second-order valence-electron chi connectivity index (χ2n) is 7.19. The SMILES string of the molecule is O=C1CC[C@@H]2N[C@@]3(C(=O)Nc4nc(Cl)ccc43)[C@@H](c3cccc(Cl)c3F)[C@H]12. The minimum atomic E-state index is -1.29. The molecule has 0 unspecified atom stereocenters. The molecule has 0 radical (unpaired) electrons. The zero-order chi connectivity index (χ0) is 18.9. The molecule has 27 heavy (non-hydrogen) atoms. The monoisotopic (exact) mass is 405 g/mol. The first-order chi connectivity index (χ1) is 12.9. The maximum Gasteiger partial charge on any atom is 0.251 e. The summed E-state index contributed by atoms with van der Waals surface area (Å²) in [5.41, 5.74) is -0.455. The van der Waals surface area contributed by atoms with Gasteiger partial charge in [-0.15, -0.1) is 0 Å². The number of carbonyl (C=O) groups excluding carboxylic acids is 2. The number of Topliss-reactive ketones (excluding diaryl/α,β-unsaturated/α-hetero) is 1. The zero-order valence-corrected chi connectivity index (χ0v) is 15.4. The number of ketones is 1. The highest BCUT2D eigenvalue weighted by molar-refractivity contribution is 6.31. The van der Waals surface area contributed by atoms with Crippen molar-refractivity contribution < 1.29 is 14.0 Å². The fraction of sp³-hybridized carbons (Fsp3) is 0.316. The Morgan fingerprint density at radius 3 is 2.81 bits per heavy atom. The number of fused-ring (bicyclic) bond motifs is 3. The van der Waals surface area contributed by atoms with Gasteiger partial charge >= 0.3 is 0 Å². The lowest BCUT2D eigenvalue weighted by atomic mass is 9.71. The van der Waals surface area contributed by atoms with Gasteiger partial charge in [-0.2, -0.15) is 0 Å². The topological polar surface area (TPSA) is 71.1 Å². The van der Waals surface area contributed by atoms with Crippen molar-refractivity contribution in [3.8, 4) is 0 Å². The van der Waals surface area contributed by atoms with Gasteiger partial charge in [-0.1, -0.05) is 35.3 Å². The minimum Gasteiger partial charge on any atom is -0.308 e. The van der Waals surface area contributed by atoms with E-state index >= 15 is 4.39 Å². The van der Waals surface area contributed by atoms with Crippen LogP contribution in [0.25, 0.3) is 0 Å². The maximum absolute atomic E-state index is 15.0. The van der Waals surface area contributed by atoms with Crippen LogP contribution in [0.5, 0.6) is 0 Å². The third-order valence-electron chi connectivity index (χ3n) is 5.94. The van der Waals surface area contributed by atoms with E-state index < -0.39 is 23.2 Å². The number of hydrogen-bond donors (Lipinski definition) is 2. The van der Waals surface area contributed by atoms with Gasteiger partial charge in [-0.25, -0.2) is 9.37 Å². The van der Waals surface area contributed by atoms with Gasteiger partial charge in [0, 0.05) is 29.9 Å². The molecular weight excluding hydrogens is 392 g/mol. The zero-order valence-electron chi connectivity index (χ0n) is 13.9. The molecule has 1 amide bonds. The Kier molecular flexibility index (Phi) is 3.63. The molecule has 2 aliphatic heterocycles. The number of anilines is 1. The van der Waals surface area contributed by atoms with Crippen molar-refractivity contribution in [2.45, 2.75) is 30.3 Å². The van der Waals surface area contributed by atoms with Gasteiger partial charge in [0.25, 0.3) is 5.91 Å². The molecule has 1 saturated heterocycles. The smallest absolute Gasteiger partial charge is 0.251 e. The molecule has 2 fully saturated rings. The van der Waals surface area contributed by atoms with Crippen LogP contribution >= 0.6 is 23.2 Å². The second kappa shape index (κ2) is 5.74. The standard InChI is InChI=1S/C19H14Cl2FN3O2/c20-10-3-1-2-8(16(10)22)15-14-11(5-6-12(14)26)25-19(15)9-4-7-13(21)23-17(9)24-18(19)27/h1-4,7,11,14-15,25H,5-6H2,(H,23,24,27)/t11-,14-,15-,19+/m0/s1. The molecule has 1 aromatic carbocycles. The van der Waals surface area contributed by atoms with Crippen molar-refractivity contribution >= 4 is 40.7 Å². The number of rotatable bonds is 1. The Morgan fingerprint density at radius 2 is 2.00 bits per heavy atom. The molecule has 0 bridgehead atoms. The summed E-state index contributed by atoms with van der Waals surface area (Å²) in [6.07, 6.45) is 1.01. The summed E-state index contributed by atoms with van der Waals surface area (Å²) in [7, 11) is 0. The Bertz CT molecular complexity index is 1010. The molecule has 1 saturated carbocycles. The summed E-state index contributed by atoms with van der Waals surface area (Å²) in [6, 6.07) is 7.76. The van der Waals surface area contributed by atoms with E-state index in [1.807, 2.05) is 0 Å². The van der Waals surface area contributed by atoms with Gasteiger partial charge in [-0.05, 0) is 30.2 Å². The van der Waals surface area contributed by atoms with Gasteiger partial charge in [0.05, 0.1) is 5.02 Å². The molecule has 1 aromatic heterocycles. The Morgan fingerprint density at radius 1 is 1.19 bits per heavy atom. The van der Waals surface area contributed by atoms with Crippen LogP contribution < -0.4 is 10.6 Å². The van der Waals surface area contributed by atoms with E-state index in [1.165, 1.54) is 6.07 Å². The number of nitrogens with zero attached hydrogens (tertiary/aromatic N) is 1. The molecule has 5 rings (SSSR count). The number of pyridine rings is 1. The molecule has 2 aromatic rings. The van der Waals surface area contributed by atoms with Crippen molar-refractivity contribution in [1.29, 1.82) is 0 Å². The van der Waals surface area contributed by atoms with E-state index in [1.54, 1.807) is 24.3 Å². The summed E-state index contributed by atoms with van der Waals surface area (Å²) in [6.45, 7) is 0. The summed E-state index contributed by atoms with van der Waals surface area (Å²) < 4.78 is 15.0. The Hall–Kier alpha value is -2.02. The van der Waals surface area contributed by atoms with Crippen LogP contribution in [0.3, 0.4) is 0 Å². The lowest BCUT2D eigenvalue weighted by Crippen LogP contribution is -2.49. The molecule has 2 N–H and O–H groups in total. The summed E-state index contributed by atoms with van der Waals surface area (Å²) in [5, 5.41) is 6.30. The number of hydrogen-bond acceptors (Lipinski definition) is 4. The average molecular weight is 406 g/mol. The van der Waals surface area contributed by atoms with E-state index in [0.29, 0.717) is 24.2 Å². The molecule has 5 nitrogen and oxygen atoms in total. The Labute approximate surface area is 164 Å². The number of halogens is 3. The third-order valence-corrected chi connectivity index (χ3v) is 6.44. The third kappa shape index (κ3) is 2.18. The molecule has 3 heterocycles. The summed E-state index contributed by atoms with van der Waals surface area (Å²) >= 11 is 12.0. The number of benzene rings is 1. The van der Waals surface area contributed by atoms with Crippen molar-refractivity contribution in [2.75, 3.05) is 5.32 Å². The van der Waals surface area contributed by atoms with Gasteiger partial charge < -0.3 is 5.32 Å². The first-order valence-electron chi connectivity index (χ1n) is 8.66. The quantitative estimate of drug-likeness (QED) is 0.713. The summed E-state index contributed by atoms with van der Waals surface area (Å²) in [5.74, 6) is -1.84. The fourth-order valence-corrected chi connectivity index (χ4v) is 5.25. The molecule has 8 heteroatoms. The maximum atomic E-state index is 15.0. The van der Waals surface area contributed by atoms with Crippen molar-refractivity contribution in [2.24, 2.45) is 5.92 Å². The number of carbonyl (C=O) groups is 2. The van der Waals surface area contributed by atoms with Gasteiger partial charge in [0.15, 0.2) is 0 Å². The van der Waals surface area contributed by atoms with E-state index in [4.69, 9.17) is 23.2 Å².